The lowest BCUT2D eigenvalue weighted by Gasteiger charge is -2.39. The fourth-order valence-corrected chi connectivity index (χ4v) is 2.81. The van der Waals surface area contributed by atoms with Gasteiger partial charge in [0, 0.05) is 6.54 Å². The van der Waals surface area contributed by atoms with Crippen molar-refractivity contribution in [2.75, 3.05) is 6.54 Å². The number of carbonyl (C=O) groups excluding carboxylic acids is 2. The number of carbonyl (C=O) groups is 2. The second-order valence-corrected chi connectivity index (χ2v) is 6.35. The van der Waals surface area contributed by atoms with Crippen LogP contribution in [0.25, 0.3) is 0 Å². The van der Waals surface area contributed by atoms with E-state index in [0.717, 1.165) is 38.6 Å². The molecular formula is C15H26N2O2. The third kappa shape index (κ3) is 3.28. The molecule has 108 valence electrons. The third-order valence-corrected chi connectivity index (χ3v) is 4.10. The Hall–Kier alpha value is -1.06. The van der Waals surface area contributed by atoms with E-state index in [0.29, 0.717) is 11.8 Å². The number of nitrogens with zero attached hydrogens (tertiary/aromatic N) is 1. The van der Waals surface area contributed by atoms with Gasteiger partial charge in [-0.05, 0) is 37.5 Å². The average Bonchev–Trinajstić information content (AvgIpc) is 3.15. The smallest absolute Gasteiger partial charge is 0.245 e. The molecular weight excluding hydrogens is 240 g/mol. The summed E-state index contributed by atoms with van der Waals surface area (Å²) in [7, 11) is 0. The molecule has 2 unspecified atom stereocenters. The quantitative estimate of drug-likeness (QED) is 0.798. The Bertz CT molecular complexity index is 350. The highest BCUT2D eigenvalue weighted by atomic mass is 16.2. The van der Waals surface area contributed by atoms with Gasteiger partial charge in [0.2, 0.25) is 11.8 Å². The van der Waals surface area contributed by atoms with Gasteiger partial charge in [-0.3, -0.25) is 9.59 Å². The highest BCUT2D eigenvalue weighted by Gasteiger charge is 2.47. The van der Waals surface area contributed by atoms with E-state index in [-0.39, 0.29) is 23.9 Å². The van der Waals surface area contributed by atoms with Gasteiger partial charge in [-0.1, -0.05) is 27.2 Å². The molecule has 1 aliphatic heterocycles. The van der Waals surface area contributed by atoms with Crippen molar-refractivity contribution in [1.82, 2.24) is 10.2 Å². The zero-order chi connectivity index (χ0) is 14.0. The Morgan fingerprint density at radius 3 is 2.53 bits per heavy atom. The first-order valence-electron chi connectivity index (χ1n) is 7.65. The molecule has 2 amide bonds. The minimum Gasteiger partial charge on any atom is -0.342 e. The van der Waals surface area contributed by atoms with E-state index in [1.54, 1.807) is 0 Å². The molecule has 0 bridgehead atoms. The van der Waals surface area contributed by atoms with Gasteiger partial charge in [0.15, 0.2) is 0 Å². The molecule has 0 aromatic carbocycles. The monoisotopic (exact) mass is 266 g/mol. The molecule has 4 heteroatoms. The molecule has 2 fully saturated rings. The first kappa shape index (κ1) is 14.4. The van der Waals surface area contributed by atoms with Gasteiger partial charge in [-0.2, -0.15) is 0 Å². The Morgan fingerprint density at radius 2 is 2.00 bits per heavy atom. The fourth-order valence-electron chi connectivity index (χ4n) is 2.81. The van der Waals surface area contributed by atoms with Crippen LogP contribution in [0.2, 0.25) is 0 Å². The molecule has 1 aliphatic carbocycles. The van der Waals surface area contributed by atoms with Crippen molar-refractivity contribution in [3.8, 4) is 0 Å². The maximum Gasteiger partial charge on any atom is 0.245 e. The van der Waals surface area contributed by atoms with Crippen LogP contribution in [0.1, 0.15) is 52.9 Å². The average molecular weight is 266 g/mol. The highest BCUT2D eigenvalue weighted by molar-refractivity contribution is 5.97. The molecule has 1 N–H and O–H groups in total. The summed E-state index contributed by atoms with van der Waals surface area (Å²) in [6.07, 6.45) is 4.81. The number of rotatable bonds is 6. The lowest BCUT2D eigenvalue weighted by Crippen LogP contribution is -2.64. The molecule has 2 rings (SSSR count). The zero-order valence-electron chi connectivity index (χ0n) is 12.3. The molecule has 2 atom stereocenters. The summed E-state index contributed by atoms with van der Waals surface area (Å²) in [5.74, 6) is 1.17. The van der Waals surface area contributed by atoms with Gasteiger partial charge in [0.05, 0.1) is 0 Å². The molecule has 0 spiro atoms. The van der Waals surface area contributed by atoms with Crippen LogP contribution in [0.3, 0.4) is 0 Å². The Balaban J connectivity index is 2.09. The molecule has 1 saturated carbocycles. The highest BCUT2D eigenvalue weighted by Crippen LogP contribution is 2.37. The van der Waals surface area contributed by atoms with Crippen molar-refractivity contribution in [3.63, 3.8) is 0 Å². The molecule has 1 saturated heterocycles. The molecule has 4 nitrogen and oxygen atoms in total. The van der Waals surface area contributed by atoms with Crippen molar-refractivity contribution in [3.05, 3.63) is 0 Å². The van der Waals surface area contributed by atoms with Crippen molar-refractivity contribution in [2.24, 2.45) is 11.8 Å². The largest absolute Gasteiger partial charge is 0.342 e. The maximum absolute atomic E-state index is 12.5. The second kappa shape index (κ2) is 5.93. The standard InChI is InChI=1S/C15H26N2O2/c1-4-5-12-15(19)17(9-8-10(2)3)13(11-6-7-11)14(18)16-12/h10-13H,4-9H2,1-3H3,(H,16,18). The van der Waals surface area contributed by atoms with Crippen LogP contribution in [-0.2, 0) is 9.59 Å². The molecule has 0 aromatic heterocycles. The summed E-state index contributed by atoms with van der Waals surface area (Å²) in [6.45, 7) is 7.09. The Labute approximate surface area is 115 Å². The van der Waals surface area contributed by atoms with Gasteiger partial charge in [-0.15, -0.1) is 0 Å². The lowest BCUT2D eigenvalue weighted by atomic mass is 9.99. The van der Waals surface area contributed by atoms with Gasteiger partial charge >= 0.3 is 0 Å². The van der Waals surface area contributed by atoms with Crippen LogP contribution in [0, 0.1) is 11.8 Å². The van der Waals surface area contributed by atoms with Crippen molar-refractivity contribution in [2.45, 2.75) is 65.0 Å². The van der Waals surface area contributed by atoms with E-state index in [1.807, 2.05) is 11.8 Å². The summed E-state index contributed by atoms with van der Waals surface area (Å²) < 4.78 is 0. The van der Waals surface area contributed by atoms with Crippen LogP contribution < -0.4 is 5.32 Å². The van der Waals surface area contributed by atoms with E-state index in [4.69, 9.17) is 0 Å². The van der Waals surface area contributed by atoms with Crippen LogP contribution in [0.4, 0.5) is 0 Å². The van der Waals surface area contributed by atoms with Gasteiger partial charge in [-0.25, -0.2) is 0 Å². The molecule has 1 heterocycles. The van der Waals surface area contributed by atoms with Gasteiger partial charge in [0.25, 0.3) is 0 Å². The first-order valence-corrected chi connectivity index (χ1v) is 7.65. The number of hydrogen-bond donors (Lipinski definition) is 1. The zero-order valence-corrected chi connectivity index (χ0v) is 12.3. The minimum atomic E-state index is -0.292. The van der Waals surface area contributed by atoms with Gasteiger partial charge in [0.1, 0.15) is 12.1 Å². The predicted octanol–water partition coefficient (Wildman–Crippen LogP) is 1.94. The first-order chi connectivity index (χ1) is 9.04. The van der Waals surface area contributed by atoms with Crippen LogP contribution >= 0.6 is 0 Å². The third-order valence-electron chi connectivity index (χ3n) is 4.10. The summed E-state index contributed by atoms with van der Waals surface area (Å²) in [6, 6.07) is -0.487. The van der Waals surface area contributed by atoms with Crippen LogP contribution in [-0.4, -0.2) is 35.3 Å². The van der Waals surface area contributed by atoms with E-state index in [9.17, 15) is 9.59 Å². The number of piperazine rings is 1. The van der Waals surface area contributed by atoms with E-state index in [1.165, 1.54) is 0 Å². The number of hydrogen-bond acceptors (Lipinski definition) is 2. The lowest BCUT2D eigenvalue weighted by molar-refractivity contribution is -0.150. The summed E-state index contributed by atoms with van der Waals surface area (Å²) in [5, 5.41) is 2.93. The van der Waals surface area contributed by atoms with Gasteiger partial charge < -0.3 is 10.2 Å². The number of nitrogens with one attached hydrogen (secondary N) is 1. The van der Waals surface area contributed by atoms with Crippen LogP contribution in [0.15, 0.2) is 0 Å². The Kier molecular flexibility index (Phi) is 4.48. The SMILES string of the molecule is CCCC1NC(=O)C(C2CC2)N(CCC(C)C)C1=O. The van der Waals surface area contributed by atoms with Crippen molar-refractivity contribution < 1.29 is 9.59 Å². The van der Waals surface area contributed by atoms with E-state index in [2.05, 4.69) is 19.2 Å². The minimum absolute atomic E-state index is 0.0734. The normalized spacial score (nSPS) is 27.9. The number of amides is 2. The molecule has 0 radical (unpaired) electrons. The summed E-state index contributed by atoms with van der Waals surface area (Å²) in [4.78, 5) is 26.7. The maximum atomic E-state index is 12.5. The topological polar surface area (TPSA) is 49.4 Å². The Morgan fingerprint density at radius 1 is 1.32 bits per heavy atom. The second-order valence-electron chi connectivity index (χ2n) is 6.35. The summed E-state index contributed by atoms with van der Waals surface area (Å²) in [5.41, 5.74) is 0. The van der Waals surface area contributed by atoms with E-state index >= 15 is 0 Å². The van der Waals surface area contributed by atoms with Crippen molar-refractivity contribution >= 4 is 11.8 Å². The van der Waals surface area contributed by atoms with E-state index < -0.39 is 0 Å². The molecule has 19 heavy (non-hydrogen) atoms. The summed E-state index contributed by atoms with van der Waals surface area (Å²) >= 11 is 0. The fraction of sp³-hybridized carbons (Fsp3) is 0.867. The molecule has 2 aliphatic rings. The van der Waals surface area contributed by atoms with Crippen LogP contribution in [0.5, 0.6) is 0 Å². The van der Waals surface area contributed by atoms with Crippen molar-refractivity contribution in [1.29, 1.82) is 0 Å². The molecule has 0 aromatic rings. The predicted molar refractivity (Wildman–Crippen MR) is 74.5 cm³/mol.